The first-order valence-corrected chi connectivity index (χ1v) is 8.08. The van der Waals surface area contributed by atoms with E-state index in [0.717, 1.165) is 5.56 Å². The fourth-order valence-electron chi connectivity index (χ4n) is 2.13. The molecule has 0 radical (unpaired) electrons. The Kier molecular flexibility index (Phi) is 5.04. The van der Waals surface area contributed by atoms with Crippen molar-refractivity contribution in [3.63, 3.8) is 0 Å². The highest BCUT2D eigenvalue weighted by Crippen LogP contribution is 2.22. The number of aromatic nitrogens is 2. The minimum Gasteiger partial charge on any atom is -0.360 e. The zero-order valence-corrected chi connectivity index (χ0v) is 14.7. The number of aryl methyl sites for hydroxylation is 1. The van der Waals surface area contributed by atoms with E-state index < -0.39 is 17.9 Å². The molecule has 0 saturated carbocycles. The molecule has 3 aromatic rings. The zero-order chi connectivity index (χ0) is 18.7. The van der Waals surface area contributed by atoms with Crippen LogP contribution in [0.2, 0.25) is 5.02 Å². The Balaban J connectivity index is 1.62. The van der Waals surface area contributed by atoms with Gasteiger partial charge in [-0.05, 0) is 38.1 Å². The Bertz CT molecular complexity index is 932. The Morgan fingerprint density at radius 1 is 1.12 bits per heavy atom. The van der Waals surface area contributed by atoms with Gasteiger partial charge in [0.1, 0.15) is 11.8 Å². The molecule has 8 nitrogen and oxygen atoms in total. The minimum atomic E-state index is -0.810. The summed E-state index contributed by atoms with van der Waals surface area (Å²) in [4.78, 5) is 24.3. The molecular formula is C17H15ClN4O4. The van der Waals surface area contributed by atoms with E-state index in [0.29, 0.717) is 16.5 Å². The first-order chi connectivity index (χ1) is 12.4. The lowest BCUT2D eigenvalue weighted by Crippen LogP contribution is -2.41. The molecule has 2 N–H and O–H groups in total. The monoisotopic (exact) mass is 374 g/mol. The van der Waals surface area contributed by atoms with Crippen LogP contribution in [0.5, 0.6) is 0 Å². The van der Waals surface area contributed by atoms with Gasteiger partial charge >= 0.3 is 0 Å². The summed E-state index contributed by atoms with van der Waals surface area (Å²) in [7, 11) is 0. The van der Waals surface area contributed by atoms with Gasteiger partial charge in [-0.1, -0.05) is 21.9 Å². The molecule has 2 amide bonds. The standard InChI is InChI=1S/C17H15ClN4O4/c1-9-7-15(22-25-9)20-16(23)10(2)19-17(24)13-8-14(26-21-13)11-3-5-12(18)6-4-11/h3-8,10H,1-2H3,(H,19,24)(H,20,22,23)/t10-/m0/s1. The number of carbonyl (C=O) groups is 2. The van der Waals surface area contributed by atoms with Crippen LogP contribution in [0, 0.1) is 6.92 Å². The number of anilines is 1. The number of hydrogen-bond donors (Lipinski definition) is 2. The summed E-state index contributed by atoms with van der Waals surface area (Å²) in [6.07, 6.45) is 0. The van der Waals surface area contributed by atoms with Crippen LogP contribution in [0.1, 0.15) is 23.2 Å². The van der Waals surface area contributed by atoms with Crippen molar-refractivity contribution >= 4 is 29.2 Å². The fourth-order valence-corrected chi connectivity index (χ4v) is 2.25. The molecule has 2 heterocycles. The molecule has 9 heteroatoms. The van der Waals surface area contributed by atoms with E-state index in [1.807, 2.05) is 0 Å². The van der Waals surface area contributed by atoms with Crippen LogP contribution in [0.15, 0.2) is 45.4 Å². The molecular weight excluding hydrogens is 360 g/mol. The average molecular weight is 375 g/mol. The Hall–Kier alpha value is -3.13. The second-order valence-corrected chi connectivity index (χ2v) is 6.03. The number of amides is 2. The molecule has 0 aliphatic rings. The van der Waals surface area contributed by atoms with Gasteiger partial charge in [0.25, 0.3) is 5.91 Å². The first-order valence-electron chi connectivity index (χ1n) is 7.70. The van der Waals surface area contributed by atoms with Crippen LogP contribution in [-0.2, 0) is 4.79 Å². The normalized spacial score (nSPS) is 11.8. The lowest BCUT2D eigenvalue weighted by atomic mass is 10.1. The van der Waals surface area contributed by atoms with Crippen molar-refractivity contribution in [1.82, 2.24) is 15.6 Å². The molecule has 0 aliphatic carbocycles. The molecule has 0 bridgehead atoms. The third-order valence-electron chi connectivity index (χ3n) is 3.49. The van der Waals surface area contributed by atoms with Gasteiger partial charge in [0.05, 0.1) is 0 Å². The third kappa shape index (κ3) is 4.09. The summed E-state index contributed by atoms with van der Waals surface area (Å²) in [6.45, 7) is 3.25. The summed E-state index contributed by atoms with van der Waals surface area (Å²) in [5.41, 5.74) is 0.792. The van der Waals surface area contributed by atoms with E-state index in [4.69, 9.17) is 20.6 Å². The Labute approximate surface area is 153 Å². The maximum atomic E-state index is 12.2. The maximum absolute atomic E-state index is 12.2. The van der Waals surface area contributed by atoms with Crippen LogP contribution < -0.4 is 10.6 Å². The first kappa shape index (κ1) is 17.7. The van der Waals surface area contributed by atoms with Gasteiger partial charge in [0.2, 0.25) is 5.91 Å². The van der Waals surface area contributed by atoms with Gasteiger partial charge in [-0.2, -0.15) is 0 Å². The quantitative estimate of drug-likeness (QED) is 0.710. The summed E-state index contributed by atoms with van der Waals surface area (Å²) in [5, 5.41) is 13.1. The van der Waals surface area contributed by atoms with Crippen molar-refractivity contribution in [1.29, 1.82) is 0 Å². The van der Waals surface area contributed by atoms with Crippen molar-refractivity contribution in [2.24, 2.45) is 0 Å². The van der Waals surface area contributed by atoms with E-state index in [1.54, 1.807) is 44.2 Å². The molecule has 134 valence electrons. The van der Waals surface area contributed by atoms with Crippen molar-refractivity contribution < 1.29 is 18.6 Å². The van der Waals surface area contributed by atoms with Gasteiger partial charge in [-0.3, -0.25) is 9.59 Å². The van der Waals surface area contributed by atoms with Crippen molar-refractivity contribution in [2.45, 2.75) is 19.9 Å². The van der Waals surface area contributed by atoms with E-state index in [1.165, 1.54) is 6.07 Å². The molecule has 0 fully saturated rings. The lowest BCUT2D eigenvalue weighted by Gasteiger charge is -2.11. The Morgan fingerprint density at radius 2 is 1.85 bits per heavy atom. The number of benzene rings is 1. The van der Waals surface area contributed by atoms with E-state index in [-0.39, 0.29) is 11.5 Å². The smallest absolute Gasteiger partial charge is 0.274 e. The van der Waals surface area contributed by atoms with Gasteiger partial charge in [-0.15, -0.1) is 0 Å². The van der Waals surface area contributed by atoms with Crippen LogP contribution in [0.25, 0.3) is 11.3 Å². The largest absolute Gasteiger partial charge is 0.360 e. The minimum absolute atomic E-state index is 0.0619. The topological polar surface area (TPSA) is 110 Å². The highest BCUT2D eigenvalue weighted by Gasteiger charge is 2.20. The molecule has 0 aliphatic heterocycles. The summed E-state index contributed by atoms with van der Waals surface area (Å²) < 4.78 is 10.0. The van der Waals surface area contributed by atoms with Crippen LogP contribution in [0.3, 0.4) is 0 Å². The molecule has 26 heavy (non-hydrogen) atoms. The number of rotatable bonds is 5. The fraction of sp³-hybridized carbons (Fsp3) is 0.176. The molecule has 0 saturated heterocycles. The second-order valence-electron chi connectivity index (χ2n) is 5.59. The average Bonchev–Trinajstić information content (AvgIpc) is 3.25. The Morgan fingerprint density at radius 3 is 2.50 bits per heavy atom. The summed E-state index contributed by atoms with van der Waals surface area (Å²) >= 11 is 5.84. The zero-order valence-electron chi connectivity index (χ0n) is 13.9. The summed E-state index contributed by atoms with van der Waals surface area (Å²) in [5.74, 6) is 0.289. The third-order valence-corrected chi connectivity index (χ3v) is 3.74. The molecule has 1 aromatic carbocycles. The summed E-state index contributed by atoms with van der Waals surface area (Å²) in [6, 6.07) is 9.16. The number of halogens is 1. The highest BCUT2D eigenvalue weighted by molar-refractivity contribution is 6.30. The molecule has 1 atom stereocenters. The predicted molar refractivity (Wildman–Crippen MR) is 93.7 cm³/mol. The number of nitrogens with one attached hydrogen (secondary N) is 2. The van der Waals surface area contributed by atoms with Crippen molar-refractivity contribution in [3.05, 3.63) is 52.9 Å². The molecule has 2 aromatic heterocycles. The van der Waals surface area contributed by atoms with Gasteiger partial charge in [-0.25, -0.2) is 0 Å². The molecule has 0 spiro atoms. The number of nitrogens with zero attached hydrogens (tertiary/aromatic N) is 2. The van der Waals surface area contributed by atoms with Crippen LogP contribution in [-0.4, -0.2) is 28.2 Å². The lowest BCUT2D eigenvalue weighted by molar-refractivity contribution is -0.117. The number of hydrogen-bond acceptors (Lipinski definition) is 6. The van der Waals surface area contributed by atoms with Crippen LogP contribution >= 0.6 is 11.6 Å². The maximum Gasteiger partial charge on any atom is 0.274 e. The second kappa shape index (κ2) is 7.40. The van der Waals surface area contributed by atoms with Gasteiger partial charge in [0.15, 0.2) is 17.3 Å². The molecule has 3 rings (SSSR count). The van der Waals surface area contributed by atoms with E-state index in [2.05, 4.69) is 20.9 Å². The molecule has 0 unspecified atom stereocenters. The number of carbonyl (C=O) groups excluding carboxylic acids is 2. The van der Waals surface area contributed by atoms with Crippen molar-refractivity contribution in [2.75, 3.05) is 5.32 Å². The predicted octanol–water partition coefficient (Wildman–Crippen LogP) is 3.05. The van der Waals surface area contributed by atoms with E-state index >= 15 is 0 Å². The van der Waals surface area contributed by atoms with Crippen LogP contribution in [0.4, 0.5) is 5.82 Å². The van der Waals surface area contributed by atoms with Crippen molar-refractivity contribution in [3.8, 4) is 11.3 Å². The van der Waals surface area contributed by atoms with Gasteiger partial charge < -0.3 is 19.7 Å². The van der Waals surface area contributed by atoms with E-state index in [9.17, 15) is 9.59 Å². The SMILES string of the molecule is Cc1cc(NC(=O)[C@H](C)NC(=O)c2cc(-c3ccc(Cl)cc3)on2)no1. The van der Waals surface area contributed by atoms with Gasteiger partial charge in [0, 0.05) is 22.7 Å². The highest BCUT2D eigenvalue weighted by atomic mass is 35.5.